The number of carbonyl (C=O) groups excluding carboxylic acids is 1. The second-order valence-corrected chi connectivity index (χ2v) is 6.79. The topological polar surface area (TPSA) is 54.0 Å². The van der Waals surface area contributed by atoms with Gasteiger partial charge in [0.1, 0.15) is 5.69 Å². The lowest BCUT2D eigenvalue weighted by molar-refractivity contribution is 0.0934. The van der Waals surface area contributed by atoms with E-state index in [1.54, 1.807) is 5.38 Å². The average molecular weight is 351 g/mol. The minimum atomic E-state index is -0.127. The summed E-state index contributed by atoms with van der Waals surface area (Å²) in [6, 6.07) is 20.2. The highest BCUT2D eigenvalue weighted by Gasteiger charge is 2.13. The van der Waals surface area contributed by atoms with Gasteiger partial charge in [-0.25, -0.2) is 4.98 Å². The summed E-state index contributed by atoms with van der Waals surface area (Å²) in [5, 5.41) is 8.73. The Hall–Kier alpha value is -2.66. The first kappa shape index (κ1) is 17.2. The number of para-hydroxylation sites is 1. The smallest absolute Gasteiger partial charge is 0.271 e. The monoisotopic (exact) mass is 351 g/mol. The number of aryl methyl sites for hydroxylation is 1. The van der Waals surface area contributed by atoms with Crippen molar-refractivity contribution in [3.05, 3.63) is 77.3 Å². The number of nitrogens with one attached hydrogen (secondary N) is 2. The summed E-state index contributed by atoms with van der Waals surface area (Å²) >= 11 is 1.43. The summed E-state index contributed by atoms with van der Waals surface area (Å²) in [6.45, 7) is 2.02. The van der Waals surface area contributed by atoms with Gasteiger partial charge in [0.05, 0.1) is 0 Å². The molecule has 2 aromatic carbocycles. The van der Waals surface area contributed by atoms with Crippen LogP contribution in [0, 0.1) is 0 Å². The van der Waals surface area contributed by atoms with Crippen LogP contribution in [0.15, 0.2) is 66.0 Å². The zero-order valence-corrected chi connectivity index (χ0v) is 14.9. The van der Waals surface area contributed by atoms with E-state index in [2.05, 4.69) is 27.8 Å². The van der Waals surface area contributed by atoms with Gasteiger partial charge < -0.3 is 10.6 Å². The Bertz CT molecular complexity index is 802. The minimum absolute atomic E-state index is 0.0972. The number of hydrogen-bond acceptors (Lipinski definition) is 4. The second-order valence-electron chi connectivity index (χ2n) is 5.93. The molecule has 0 aliphatic heterocycles. The number of rotatable bonds is 7. The van der Waals surface area contributed by atoms with Gasteiger partial charge in [0, 0.05) is 17.1 Å². The van der Waals surface area contributed by atoms with E-state index >= 15 is 0 Å². The summed E-state index contributed by atoms with van der Waals surface area (Å²) < 4.78 is 0. The van der Waals surface area contributed by atoms with Crippen LogP contribution in [0.5, 0.6) is 0 Å². The first-order valence-corrected chi connectivity index (χ1v) is 9.21. The fourth-order valence-corrected chi connectivity index (χ4v) is 3.19. The van der Waals surface area contributed by atoms with Crippen LogP contribution in [0.4, 0.5) is 10.8 Å². The molecule has 3 aromatic rings. The van der Waals surface area contributed by atoms with E-state index in [0.717, 1.165) is 18.5 Å². The van der Waals surface area contributed by atoms with Gasteiger partial charge in [-0.2, -0.15) is 0 Å². The largest absolute Gasteiger partial charge is 0.348 e. The van der Waals surface area contributed by atoms with Gasteiger partial charge in [-0.3, -0.25) is 4.79 Å². The van der Waals surface area contributed by atoms with E-state index in [1.165, 1.54) is 16.9 Å². The van der Waals surface area contributed by atoms with Crippen molar-refractivity contribution in [3.63, 3.8) is 0 Å². The Morgan fingerprint density at radius 3 is 2.48 bits per heavy atom. The molecule has 0 aliphatic rings. The molecule has 0 aliphatic carbocycles. The predicted molar refractivity (Wildman–Crippen MR) is 104 cm³/mol. The molecule has 5 heteroatoms. The molecule has 0 radical (unpaired) electrons. The van der Waals surface area contributed by atoms with Crippen molar-refractivity contribution in [2.75, 3.05) is 5.32 Å². The summed E-state index contributed by atoms with van der Waals surface area (Å²) in [7, 11) is 0. The SMILES string of the molecule is CC(CCc1ccccc1)NC(=O)c1csc(Nc2ccccc2)n1. The second kappa shape index (κ2) is 8.44. The van der Waals surface area contributed by atoms with Crippen LogP contribution >= 0.6 is 11.3 Å². The first-order chi connectivity index (χ1) is 12.2. The van der Waals surface area contributed by atoms with Gasteiger partial charge in [-0.1, -0.05) is 48.5 Å². The molecule has 128 valence electrons. The average Bonchev–Trinajstić information content (AvgIpc) is 3.10. The molecular formula is C20H21N3OS. The van der Waals surface area contributed by atoms with Gasteiger partial charge in [0.25, 0.3) is 5.91 Å². The van der Waals surface area contributed by atoms with Crippen molar-refractivity contribution >= 4 is 28.1 Å². The first-order valence-electron chi connectivity index (χ1n) is 8.33. The van der Waals surface area contributed by atoms with Crippen LogP contribution in [0.25, 0.3) is 0 Å². The maximum atomic E-state index is 12.3. The highest BCUT2D eigenvalue weighted by molar-refractivity contribution is 7.14. The fraction of sp³-hybridized carbons (Fsp3) is 0.200. The summed E-state index contributed by atoms with van der Waals surface area (Å²) in [6.07, 6.45) is 1.84. The number of hydrogen-bond donors (Lipinski definition) is 2. The van der Waals surface area contributed by atoms with Gasteiger partial charge in [-0.05, 0) is 37.5 Å². The highest BCUT2D eigenvalue weighted by Crippen LogP contribution is 2.20. The van der Waals surface area contributed by atoms with Crippen molar-refractivity contribution in [2.24, 2.45) is 0 Å². The normalized spacial score (nSPS) is 11.7. The Morgan fingerprint density at radius 2 is 1.76 bits per heavy atom. The molecule has 1 atom stereocenters. The maximum absolute atomic E-state index is 12.3. The van der Waals surface area contributed by atoms with E-state index < -0.39 is 0 Å². The molecule has 1 amide bonds. The van der Waals surface area contributed by atoms with Crippen LogP contribution in [0.3, 0.4) is 0 Å². The molecule has 1 aromatic heterocycles. The summed E-state index contributed by atoms with van der Waals surface area (Å²) in [5.74, 6) is -0.127. The standard InChI is InChI=1S/C20H21N3OS/c1-15(12-13-16-8-4-2-5-9-16)21-19(24)18-14-25-20(23-18)22-17-10-6-3-7-11-17/h2-11,14-15H,12-13H2,1H3,(H,21,24)(H,22,23). The molecule has 25 heavy (non-hydrogen) atoms. The summed E-state index contributed by atoms with van der Waals surface area (Å²) in [4.78, 5) is 16.7. The Balaban J connectivity index is 1.51. The lowest BCUT2D eigenvalue weighted by atomic mass is 10.1. The van der Waals surface area contributed by atoms with Crippen molar-refractivity contribution in [1.29, 1.82) is 0 Å². The molecule has 0 spiro atoms. The van der Waals surface area contributed by atoms with Crippen LogP contribution in [-0.4, -0.2) is 16.9 Å². The summed E-state index contributed by atoms with van der Waals surface area (Å²) in [5.41, 5.74) is 2.70. The number of anilines is 2. The Kier molecular flexibility index (Phi) is 5.80. The fourth-order valence-electron chi connectivity index (χ4n) is 2.48. The minimum Gasteiger partial charge on any atom is -0.348 e. The van der Waals surface area contributed by atoms with Crippen molar-refractivity contribution < 1.29 is 4.79 Å². The number of benzene rings is 2. The molecule has 0 bridgehead atoms. The third kappa shape index (κ3) is 5.16. The zero-order chi connectivity index (χ0) is 17.5. The Labute approximate surface area is 151 Å². The van der Waals surface area contributed by atoms with Crippen molar-refractivity contribution in [1.82, 2.24) is 10.3 Å². The van der Waals surface area contributed by atoms with E-state index in [1.807, 2.05) is 55.5 Å². The van der Waals surface area contributed by atoms with Crippen molar-refractivity contribution in [3.8, 4) is 0 Å². The maximum Gasteiger partial charge on any atom is 0.271 e. The molecule has 0 saturated carbocycles. The van der Waals surface area contributed by atoms with Gasteiger partial charge in [-0.15, -0.1) is 11.3 Å². The van der Waals surface area contributed by atoms with Crippen LogP contribution in [-0.2, 0) is 6.42 Å². The zero-order valence-electron chi connectivity index (χ0n) is 14.1. The van der Waals surface area contributed by atoms with Crippen LogP contribution in [0.1, 0.15) is 29.4 Å². The van der Waals surface area contributed by atoms with Gasteiger partial charge in [0.15, 0.2) is 5.13 Å². The molecule has 4 nitrogen and oxygen atoms in total. The van der Waals surface area contributed by atoms with Crippen LogP contribution in [0.2, 0.25) is 0 Å². The number of thiazole rings is 1. The third-order valence-electron chi connectivity index (χ3n) is 3.85. The molecular weight excluding hydrogens is 330 g/mol. The van der Waals surface area contributed by atoms with E-state index in [4.69, 9.17) is 0 Å². The predicted octanol–water partition coefficient (Wildman–Crippen LogP) is 4.64. The lowest BCUT2D eigenvalue weighted by Gasteiger charge is -2.12. The van der Waals surface area contributed by atoms with E-state index in [9.17, 15) is 4.79 Å². The lowest BCUT2D eigenvalue weighted by Crippen LogP contribution is -2.33. The van der Waals surface area contributed by atoms with Crippen LogP contribution < -0.4 is 10.6 Å². The molecule has 3 rings (SSSR count). The molecule has 1 heterocycles. The molecule has 2 N–H and O–H groups in total. The molecule has 1 unspecified atom stereocenters. The van der Waals surface area contributed by atoms with Gasteiger partial charge in [0.2, 0.25) is 0 Å². The molecule has 0 fully saturated rings. The van der Waals surface area contributed by atoms with Gasteiger partial charge >= 0.3 is 0 Å². The quantitative estimate of drug-likeness (QED) is 0.652. The molecule has 0 saturated heterocycles. The number of nitrogens with zero attached hydrogens (tertiary/aromatic N) is 1. The Morgan fingerprint density at radius 1 is 1.08 bits per heavy atom. The number of amides is 1. The van der Waals surface area contributed by atoms with E-state index in [0.29, 0.717) is 10.8 Å². The highest BCUT2D eigenvalue weighted by atomic mass is 32.1. The van der Waals surface area contributed by atoms with Crippen molar-refractivity contribution in [2.45, 2.75) is 25.8 Å². The number of aromatic nitrogens is 1. The van der Waals surface area contributed by atoms with E-state index in [-0.39, 0.29) is 11.9 Å². The number of carbonyl (C=O) groups is 1. The third-order valence-corrected chi connectivity index (χ3v) is 4.61.